The summed E-state index contributed by atoms with van der Waals surface area (Å²) in [5.41, 5.74) is 4.72. The highest BCUT2D eigenvalue weighted by atomic mass is 16.2. The van der Waals surface area contributed by atoms with Crippen LogP contribution in [0.5, 0.6) is 0 Å². The number of carbonyl (C=O) groups excluding carboxylic acids is 1. The molecule has 5 rings (SSSR count). The van der Waals surface area contributed by atoms with Crippen LogP contribution in [0.3, 0.4) is 0 Å². The van der Waals surface area contributed by atoms with E-state index in [4.69, 9.17) is 0 Å². The van der Waals surface area contributed by atoms with Crippen molar-refractivity contribution in [1.82, 2.24) is 4.98 Å². The maximum Gasteiger partial charge on any atom is 0.239 e. The summed E-state index contributed by atoms with van der Waals surface area (Å²) in [6.45, 7) is 2.04. The number of carbonyl (C=O) groups is 1. The van der Waals surface area contributed by atoms with E-state index in [0.29, 0.717) is 0 Å². The summed E-state index contributed by atoms with van der Waals surface area (Å²) in [5, 5.41) is 1.03. The molecule has 0 saturated carbocycles. The minimum atomic E-state index is -0.184. The van der Waals surface area contributed by atoms with Gasteiger partial charge in [-0.2, -0.15) is 0 Å². The van der Waals surface area contributed by atoms with E-state index in [2.05, 4.69) is 41.4 Å². The summed E-state index contributed by atoms with van der Waals surface area (Å²) in [6.07, 6.45) is 12.1. The Morgan fingerprint density at radius 1 is 0.929 bits per heavy atom. The first-order valence-corrected chi connectivity index (χ1v) is 9.54. The standard InChI is InChI=1S/C25H20N2O/c1-17-13-14-19-11-7-15-26-23(19)24(17)27-22(18-8-3-2-4-9-18)16-20-10-5-6-12-21(20)25(27)28/h2-16,20-21H,1H3. The predicted octanol–water partition coefficient (Wildman–Crippen LogP) is 5.29. The maximum atomic E-state index is 13.7. The summed E-state index contributed by atoms with van der Waals surface area (Å²) >= 11 is 0. The van der Waals surface area contributed by atoms with E-state index in [0.717, 1.165) is 33.4 Å². The van der Waals surface area contributed by atoms with E-state index in [1.165, 1.54) is 0 Å². The lowest BCUT2D eigenvalue weighted by Crippen LogP contribution is -2.41. The number of amides is 1. The number of aromatic nitrogens is 1. The SMILES string of the molecule is Cc1ccc2cccnc2c1N1C(=O)C2C=CC=CC2C=C1c1ccccc1. The highest BCUT2D eigenvalue weighted by molar-refractivity contribution is 6.14. The molecule has 2 unspecified atom stereocenters. The van der Waals surface area contributed by atoms with Gasteiger partial charge >= 0.3 is 0 Å². The van der Waals surface area contributed by atoms with Crippen molar-refractivity contribution in [2.24, 2.45) is 11.8 Å². The molecule has 3 nitrogen and oxygen atoms in total. The zero-order valence-electron chi connectivity index (χ0n) is 15.6. The number of pyridine rings is 1. The zero-order chi connectivity index (χ0) is 19.1. The fourth-order valence-electron chi connectivity index (χ4n) is 4.13. The molecule has 2 aromatic carbocycles. The van der Waals surface area contributed by atoms with Crippen LogP contribution in [-0.4, -0.2) is 10.9 Å². The Morgan fingerprint density at radius 2 is 1.75 bits per heavy atom. The van der Waals surface area contributed by atoms with Crippen LogP contribution in [0.1, 0.15) is 11.1 Å². The average Bonchev–Trinajstić information content (AvgIpc) is 2.75. The van der Waals surface area contributed by atoms with E-state index in [1.54, 1.807) is 6.20 Å². The summed E-state index contributed by atoms with van der Waals surface area (Å²) in [4.78, 5) is 20.2. The molecule has 0 N–H and O–H groups in total. The minimum absolute atomic E-state index is 0.0761. The summed E-state index contributed by atoms with van der Waals surface area (Å²) in [7, 11) is 0. The number of rotatable bonds is 2. The number of hydrogen-bond donors (Lipinski definition) is 0. The first kappa shape index (κ1) is 16.7. The molecule has 0 fully saturated rings. The van der Waals surface area contributed by atoms with Crippen LogP contribution in [-0.2, 0) is 4.79 Å². The third kappa shape index (κ3) is 2.59. The Balaban J connectivity index is 1.79. The molecular formula is C25H20N2O. The molecule has 0 spiro atoms. The lowest BCUT2D eigenvalue weighted by Gasteiger charge is -2.37. The van der Waals surface area contributed by atoms with Crippen LogP contribution in [0.15, 0.2) is 91.2 Å². The van der Waals surface area contributed by atoms with Gasteiger partial charge in [-0.3, -0.25) is 14.7 Å². The van der Waals surface area contributed by atoms with E-state index in [9.17, 15) is 4.79 Å². The quantitative estimate of drug-likeness (QED) is 0.619. The molecule has 0 bridgehead atoms. The molecule has 0 radical (unpaired) electrons. The highest BCUT2D eigenvalue weighted by Gasteiger charge is 2.37. The Bertz CT molecular complexity index is 1160. The first-order chi connectivity index (χ1) is 13.7. The molecule has 1 aliphatic heterocycles. The Kier molecular flexibility index (Phi) is 3.94. The second-order valence-electron chi connectivity index (χ2n) is 7.27. The van der Waals surface area contributed by atoms with E-state index >= 15 is 0 Å². The summed E-state index contributed by atoms with van der Waals surface area (Å²) < 4.78 is 0. The van der Waals surface area contributed by atoms with Gasteiger partial charge in [-0.1, -0.05) is 78.9 Å². The van der Waals surface area contributed by atoms with Crippen LogP contribution in [0.25, 0.3) is 16.6 Å². The van der Waals surface area contributed by atoms with E-state index < -0.39 is 0 Å². The molecule has 28 heavy (non-hydrogen) atoms. The molecule has 1 aliphatic carbocycles. The zero-order valence-corrected chi connectivity index (χ0v) is 15.6. The Labute approximate surface area is 164 Å². The number of fused-ring (bicyclic) bond motifs is 2. The first-order valence-electron chi connectivity index (χ1n) is 9.54. The van der Waals surface area contributed by atoms with Gasteiger partial charge in [-0.25, -0.2) is 0 Å². The van der Waals surface area contributed by atoms with Gasteiger partial charge in [0.2, 0.25) is 5.91 Å². The van der Waals surface area contributed by atoms with Crippen LogP contribution in [0.4, 0.5) is 5.69 Å². The smallest absolute Gasteiger partial charge is 0.239 e. The molecule has 3 heteroatoms. The number of hydrogen-bond acceptors (Lipinski definition) is 2. The van der Waals surface area contributed by atoms with Crippen molar-refractivity contribution in [3.63, 3.8) is 0 Å². The molecule has 3 aromatic rings. The Morgan fingerprint density at radius 3 is 2.61 bits per heavy atom. The van der Waals surface area contributed by atoms with Crippen LogP contribution in [0.2, 0.25) is 0 Å². The molecule has 1 aromatic heterocycles. The van der Waals surface area contributed by atoms with Gasteiger partial charge in [0.05, 0.1) is 22.8 Å². The predicted molar refractivity (Wildman–Crippen MR) is 114 cm³/mol. The minimum Gasteiger partial charge on any atom is -0.278 e. The van der Waals surface area contributed by atoms with Gasteiger partial charge in [0.15, 0.2) is 0 Å². The summed E-state index contributed by atoms with van der Waals surface area (Å²) in [5.74, 6) is -0.0174. The van der Waals surface area contributed by atoms with Gasteiger partial charge in [0.25, 0.3) is 0 Å². The molecule has 2 atom stereocenters. The van der Waals surface area contributed by atoms with Gasteiger partial charge in [-0.05, 0) is 24.1 Å². The second-order valence-corrected chi connectivity index (χ2v) is 7.27. The number of benzene rings is 2. The molecule has 1 amide bonds. The maximum absolute atomic E-state index is 13.7. The van der Waals surface area contributed by atoms with Crippen LogP contribution >= 0.6 is 0 Å². The van der Waals surface area contributed by atoms with Crippen molar-refractivity contribution in [1.29, 1.82) is 0 Å². The number of aryl methyl sites for hydroxylation is 1. The van der Waals surface area contributed by atoms with Crippen LogP contribution in [0, 0.1) is 18.8 Å². The lowest BCUT2D eigenvalue weighted by atomic mass is 9.82. The number of allylic oxidation sites excluding steroid dienone is 4. The summed E-state index contributed by atoms with van der Waals surface area (Å²) in [6, 6.07) is 18.2. The van der Waals surface area contributed by atoms with Crippen molar-refractivity contribution >= 4 is 28.2 Å². The highest BCUT2D eigenvalue weighted by Crippen LogP contribution is 2.41. The van der Waals surface area contributed by atoms with Crippen molar-refractivity contribution < 1.29 is 4.79 Å². The number of anilines is 1. The van der Waals surface area contributed by atoms with Gasteiger partial charge in [0, 0.05) is 17.5 Å². The fraction of sp³-hybridized carbons (Fsp3) is 0.120. The van der Waals surface area contributed by atoms with Crippen molar-refractivity contribution in [2.75, 3.05) is 4.90 Å². The average molecular weight is 364 g/mol. The van der Waals surface area contributed by atoms with Crippen molar-refractivity contribution in [3.05, 3.63) is 102 Å². The van der Waals surface area contributed by atoms with Crippen molar-refractivity contribution in [2.45, 2.75) is 6.92 Å². The van der Waals surface area contributed by atoms with Gasteiger partial charge < -0.3 is 0 Å². The normalized spacial score (nSPS) is 21.0. The fourth-order valence-corrected chi connectivity index (χ4v) is 4.13. The molecular weight excluding hydrogens is 344 g/mol. The molecule has 2 heterocycles. The monoisotopic (exact) mass is 364 g/mol. The van der Waals surface area contributed by atoms with E-state index in [-0.39, 0.29) is 17.7 Å². The number of nitrogens with zero attached hydrogens (tertiary/aromatic N) is 2. The molecule has 2 aliphatic rings. The molecule has 0 saturated heterocycles. The van der Waals surface area contributed by atoms with Gasteiger partial charge in [0.1, 0.15) is 0 Å². The molecule has 136 valence electrons. The lowest BCUT2D eigenvalue weighted by molar-refractivity contribution is -0.121. The van der Waals surface area contributed by atoms with Gasteiger partial charge in [-0.15, -0.1) is 0 Å². The van der Waals surface area contributed by atoms with Crippen LogP contribution < -0.4 is 4.90 Å². The second kappa shape index (κ2) is 6.61. The third-order valence-corrected chi connectivity index (χ3v) is 5.52. The van der Waals surface area contributed by atoms with Crippen molar-refractivity contribution in [3.8, 4) is 0 Å². The third-order valence-electron chi connectivity index (χ3n) is 5.52. The largest absolute Gasteiger partial charge is 0.278 e. The Hall–Kier alpha value is -3.46. The topological polar surface area (TPSA) is 33.2 Å². The van der Waals surface area contributed by atoms with E-state index in [1.807, 2.05) is 60.4 Å².